The maximum absolute atomic E-state index is 11.3. The SMILES string of the molecule is Cc1ccc2c(c1)C(O)(C(C)(C)C(=O)O)CC2. The zero-order valence-electron chi connectivity index (χ0n) is 10.4. The second-order valence-electron chi connectivity index (χ2n) is 5.45. The van der Waals surface area contributed by atoms with E-state index in [1.54, 1.807) is 13.8 Å². The molecule has 1 aliphatic rings. The molecule has 1 aromatic carbocycles. The van der Waals surface area contributed by atoms with Crippen LogP contribution in [-0.4, -0.2) is 16.2 Å². The van der Waals surface area contributed by atoms with Crippen molar-refractivity contribution >= 4 is 5.97 Å². The molecule has 0 fully saturated rings. The summed E-state index contributed by atoms with van der Waals surface area (Å²) in [6.45, 7) is 5.13. The van der Waals surface area contributed by atoms with E-state index in [0.717, 1.165) is 23.1 Å². The molecule has 17 heavy (non-hydrogen) atoms. The van der Waals surface area contributed by atoms with Gasteiger partial charge in [-0.25, -0.2) is 0 Å². The summed E-state index contributed by atoms with van der Waals surface area (Å²) in [6, 6.07) is 5.89. The number of aliphatic hydroxyl groups is 1. The van der Waals surface area contributed by atoms with E-state index in [1.807, 2.05) is 25.1 Å². The third-order valence-corrected chi connectivity index (χ3v) is 4.04. The number of carboxylic acid groups (broad SMARTS) is 1. The highest BCUT2D eigenvalue weighted by Gasteiger charge is 2.53. The molecule has 3 nitrogen and oxygen atoms in total. The molecule has 0 saturated carbocycles. The van der Waals surface area contributed by atoms with Crippen molar-refractivity contribution in [3.8, 4) is 0 Å². The summed E-state index contributed by atoms with van der Waals surface area (Å²) in [7, 11) is 0. The smallest absolute Gasteiger partial charge is 0.312 e. The summed E-state index contributed by atoms with van der Waals surface area (Å²) in [5, 5.41) is 20.1. The molecule has 1 unspecified atom stereocenters. The van der Waals surface area contributed by atoms with Gasteiger partial charge in [0.05, 0.1) is 5.41 Å². The van der Waals surface area contributed by atoms with E-state index < -0.39 is 17.0 Å². The zero-order valence-corrected chi connectivity index (χ0v) is 10.4. The van der Waals surface area contributed by atoms with E-state index in [4.69, 9.17) is 0 Å². The number of hydrogen-bond acceptors (Lipinski definition) is 2. The Morgan fingerprint density at radius 1 is 1.41 bits per heavy atom. The number of carboxylic acids is 1. The predicted octanol–water partition coefficient (Wildman–Crippen LogP) is 2.24. The van der Waals surface area contributed by atoms with Crippen molar-refractivity contribution in [1.29, 1.82) is 0 Å². The zero-order chi connectivity index (χ0) is 12.8. The lowest BCUT2D eigenvalue weighted by Crippen LogP contribution is -2.45. The van der Waals surface area contributed by atoms with Crippen molar-refractivity contribution < 1.29 is 15.0 Å². The second kappa shape index (κ2) is 3.57. The van der Waals surface area contributed by atoms with Gasteiger partial charge in [-0.15, -0.1) is 0 Å². The van der Waals surface area contributed by atoms with Crippen LogP contribution in [0.15, 0.2) is 18.2 Å². The Kier molecular flexibility index (Phi) is 2.54. The normalized spacial score (nSPS) is 23.5. The van der Waals surface area contributed by atoms with E-state index in [-0.39, 0.29) is 0 Å². The van der Waals surface area contributed by atoms with E-state index in [0.29, 0.717) is 6.42 Å². The highest BCUT2D eigenvalue weighted by Crippen LogP contribution is 2.49. The molecule has 3 heteroatoms. The predicted molar refractivity (Wildman–Crippen MR) is 64.8 cm³/mol. The fourth-order valence-electron chi connectivity index (χ4n) is 2.57. The van der Waals surface area contributed by atoms with Crippen LogP contribution in [0, 0.1) is 12.3 Å². The summed E-state index contributed by atoms with van der Waals surface area (Å²) in [4.78, 5) is 11.3. The lowest BCUT2D eigenvalue weighted by atomic mass is 9.71. The molecular weight excluding hydrogens is 216 g/mol. The first-order valence-corrected chi connectivity index (χ1v) is 5.85. The topological polar surface area (TPSA) is 57.5 Å². The molecule has 0 bridgehead atoms. The summed E-state index contributed by atoms with van der Waals surface area (Å²) in [6.07, 6.45) is 1.22. The molecule has 2 N–H and O–H groups in total. The van der Waals surface area contributed by atoms with Crippen LogP contribution in [0.4, 0.5) is 0 Å². The number of hydrogen-bond donors (Lipinski definition) is 2. The third-order valence-electron chi connectivity index (χ3n) is 4.04. The second-order valence-corrected chi connectivity index (χ2v) is 5.45. The van der Waals surface area contributed by atoms with Gasteiger partial charge >= 0.3 is 5.97 Å². The molecule has 0 spiro atoms. The van der Waals surface area contributed by atoms with Crippen molar-refractivity contribution in [2.45, 2.75) is 39.2 Å². The Bertz CT molecular complexity index is 476. The molecule has 0 aliphatic heterocycles. The molecule has 1 aliphatic carbocycles. The van der Waals surface area contributed by atoms with Gasteiger partial charge in [0.2, 0.25) is 0 Å². The fraction of sp³-hybridized carbons (Fsp3) is 0.500. The van der Waals surface area contributed by atoms with Crippen LogP contribution in [0.3, 0.4) is 0 Å². The Hall–Kier alpha value is -1.35. The highest BCUT2D eigenvalue weighted by molar-refractivity contribution is 5.76. The van der Waals surface area contributed by atoms with Gasteiger partial charge in [0.25, 0.3) is 0 Å². The number of aryl methyl sites for hydroxylation is 2. The monoisotopic (exact) mass is 234 g/mol. The minimum atomic E-state index is -1.26. The first-order valence-electron chi connectivity index (χ1n) is 5.85. The molecule has 92 valence electrons. The van der Waals surface area contributed by atoms with E-state index in [9.17, 15) is 15.0 Å². The van der Waals surface area contributed by atoms with Gasteiger partial charge in [-0.1, -0.05) is 23.8 Å². The number of fused-ring (bicyclic) bond motifs is 1. The van der Waals surface area contributed by atoms with Gasteiger partial charge in [0, 0.05) is 0 Å². The standard InChI is InChI=1S/C14H18O3/c1-9-4-5-10-6-7-14(17,11(10)8-9)13(2,3)12(15)16/h4-5,8,17H,6-7H2,1-3H3,(H,15,16). The molecule has 0 saturated heterocycles. The van der Waals surface area contributed by atoms with Gasteiger partial charge in [-0.05, 0) is 44.7 Å². The molecular formula is C14H18O3. The average molecular weight is 234 g/mol. The quantitative estimate of drug-likeness (QED) is 0.825. The van der Waals surface area contributed by atoms with Gasteiger partial charge in [-0.3, -0.25) is 4.79 Å². The van der Waals surface area contributed by atoms with Gasteiger partial charge < -0.3 is 10.2 Å². The van der Waals surface area contributed by atoms with Gasteiger partial charge in [0.1, 0.15) is 5.60 Å². The third kappa shape index (κ3) is 1.57. The number of rotatable bonds is 2. The Morgan fingerprint density at radius 2 is 2.06 bits per heavy atom. The van der Waals surface area contributed by atoms with Crippen LogP contribution in [0.2, 0.25) is 0 Å². The van der Waals surface area contributed by atoms with Crippen molar-refractivity contribution in [3.63, 3.8) is 0 Å². The Morgan fingerprint density at radius 3 is 2.65 bits per heavy atom. The van der Waals surface area contributed by atoms with Crippen LogP contribution >= 0.6 is 0 Å². The maximum atomic E-state index is 11.3. The molecule has 1 aromatic rings. The van der Waals surface area contributed by atoms with Gasteiger partial charge in [0.15, 0.2) is 0 Å². The van der Waals surface area contributed by atoms with Gasteiger partial charge in [-0.2, -0.15) is 0 Å². The van der Waals surface area contributed by atoms with Crippen molar-refractivity contribution in [3.05, 3.63) is 34.9 Å². The summed E-state index contributed by atoms with van der Waals surface area (Å²) in [5.41, 5.74) is 0.453. The molecule has 0 aromatic heterocycles. The number of aliphatic carboxylic acids is 1. The van der Waals surface area contributed by atoms with Crippen molar-refractivity contribution in [1.82, 2.24) is 0 Å². The van der Waals surface area contributed by atoms with Crippen molar-refractivity contribution in [2.24, 2.45) is 5.41 Å². The first kappa shape index (κ1) is 12.1. The van der Waals surface area contributed by atoms with Crippen LogP contribution in [0.5, 0.6) is 0 Å². The fourth-order valence-corrected chi connectivity index (χ4v) is 2.57. The Labute approximate surface area is 101 Å². The minimum absolute atomic E-state index is 0.477. The molecule has 1 atom stereocenters. The molecule has 0 heterocycles. The summed E-state index contributed by atoms with van der Waals surface area (Å²) >= 11 is 0. The lowest BCUT2D eigenvalue weighted by Gasteiger charge is -2.37. The van der Waals surface area contributed by atoms with Crippen molar-refractivity contribution in [2.75, 3.05) is 0 Å². The average Bonchev–Trinajstić information content (AvgIpc) is 2.58. The summed E-state index contributed by atoms with van der Waals surface area (Å²) < 4.78 is 0. The molecule has 0 amide bonds. The van der Waals surface area contributed by atoms with Crippen LogP contribution in [0.1, 0.15) is 37.0 Å². The molecule has 0 radical (unpaired) electrons. The number of benzene rings is 1. The van der Waals surface area contributed by atoms with E-state index in [2.05, 4.69) is 0 Å². The van der Waals surface area contributed by atoms with Crippen LogP contribution in [0.25, 0.3) is 0 Å². The van der Waals surface area contributed by atoms with Crippen LogP contribution < -0.4 is 0 Å². The molecule has 2 rings (SSSR count). The Balaban J connectivity index is 2.58. The minimum Gasteiger partial charge on any atom is -0.481 e. The van der Waals surface area contributed by atoms with E-state index >= 15 is 0 Å². The first-order chi connectivity index (χ1) is 7.79. The number of carbonyl (C=O) groups is 1. The summed E-state index contributed by atoms with van der Waals surface area (Å²) in [5.74, 6) is -0.964. The van der Waals surface area contributed by atoms with E-state index in [1.165, 1.54) is 0 Å². The highest BCUT2D eigenvalue weighted by atomic mass is 16.4. The van der Waals surface area contributed by atoms with Crippen LogP contribution in [-0.2, 0) is 16.8 Å². The largest absolute Gasteiger partial charge is 0.481 e. The maximum Gasteiger partial charge on any atom is 0.312 e. The lowest BCUT2D eigenvalue weighted by molar-refractivity contribution is -0.166.